The number of nitrogens with two attached hydrogens (primary N) is 1. The molecule has 2 heterocycles. The van der Waals surface area contributed by atoms with Crippen LogP contribution in [0.5, 0.6) is 0 Å². The van der Waals surface area contributed by atoms with Crippen LogP contribution >= 0.6 is 0 Å². The van der Waals surface area contributed by atoms with E-state index in [2.05, 4.69) is 33.9 Å². The summed E-state index contributed by atoms with van der Waals surface area (Å²) < 4.78 is 0. The van der Waals surface area contributed by atoms with Crippen LogP contribution in [0, 0.1) is 5.41 Å². The second kappa shape index (κ2) is 4.80. The number of oxime groups is 1. The predicted octanol–water partition coefficient (Wildman–Crippen LogP) is 1.20. The third-order valence-electron chi connectivity index (χ3n) is 3.45. The van der Waals surface area contributed by atoms with Gasteiger partial charge in [-0.1, -0.05) is 19.0 Å². The van der Waals surface area contributed by atoms with E-state index in [1.54, 1.807) is 6.20 Å². The van der Waals surface area contributed by atoms with Gasteiger partial charge in [0.05, 0.1) is 12.4 Å². The average Bonchev–Trinajstić information content (AvgIpc) is 2.38. The van der Waals surface area contributed by atoms with E-state index in [1.807, 2.05) is 0 Å². The van der Waals surface area contributed by atoms with Crippen molar-refractivity contribution in [1.82, 2.24) is 9.97 Å². The summed E-state index contributed by atoms with van der Waals surface area (Å²) in [6.45, 7) is 6.56. The van der Waals surface area contributed by atoms with Gasteiger partial charge in [-0.25, -0.2) is 9.97 Å². The highest BCUT2D eigenvalue weighted by Gasteiger charge is 2.26. The molecule has 3 N–H and O–H groups in total. The molecule has 18 heavy (non-hydrogen) atoms. The van der Waals surface area contributed by atoms with Crippen molar-refractivity contribution >= 4 is 11.7 Å². The number of hydrogen-bond acceptors (Lipinski definition) is 5. The fraction of sp³-hybridized carbons (Fsp3) is 0.583. The van der Waals surface area contributed by atoms with Crippen LogP contribution in [0.4, 0.5) is 5.82 Å². The minimum Gasteiger partial charge on any atom is -0.409 e. The van der Waals surface area contributed by atoms with Crippen molar-refractivity contribution in [3.8, 4) is 0 Å². The zero-order chi connectivity index (χ0) is 13.2. The fourth-order valence-electron chi connectivity index (χ4n) is 2.01. The molecule has 0 bridgehead atoms. The van der Waals surface area contributed by atoms with Crippen molar-refractivity contribution in [3.63, 3.8) is 0 Å². The topological polar surface area (TPSA) is 87.6 Å². The number of rotatable bonds is 2. The minimum absolute atomic E-state index is 0.0196. The number of hydrogen-bond donors (Lipinski definition) is 2. The van der Waals surface area contributed by atoms with Gasteiger partial charge in [0.2, 0.25) is 0 Å². The molecular weight excluding hydrogens is 230 g/mol. The molecule has 0 unspecified atom stereocenters. The first-order valence-electron chi connectivity index (χ1n) is 6.07. The van der Waals surface area contributed by atoms with Crippen LogP contribution in [0.2, 0.25) is 0 Å². The smallest absolute Gasteiger partial charge is 0.190 e. The summed E-state index contributed by atoms with van der Waals surface area (Å²) in [4.78, 5) is 10.7. The highest BCUT2D eigenvalue weighted by atomic mass is 16.4. The van der Waals surface area contributed by atoms with Crippen molar-refractivity contribution in [2.24, 2.45) is 16.3 Å². The lowest BCUT2D eigenvalue weighted by molar-refractivity contribution is 0.279. The average molecular weight is 249 g/mol. The van der Waals surface area contributed by atoms with E-state index in [9.17, 15) is 0 Å². The normalized spacial score (nSPS) is 19.9. The predicted molar refractivity (Wildman–Crippen MR) is 69.8 cm³/mol. The minimum atomic E-state index is -0.0196. The van der Waals surface area contributed by atoms with Crippen molar-refractivity contribution in [1.29, 1.82) is 0 Å². The Morgan fingerprint density at radius 2 is 2.00 bits per heavy atom. The molecule has 1 aliphatic heterocycles. The molecule has 1 aromatic heterocycles. The Kier molecular flexibility index (Phi) is 3.36. The van der Waals surface area contributed by atoms with Crippen LogP contribution in [-0.2, 0) is 0 Å². The van der Waals surface area contributed by atoms with E-state index in [0.29, 0.717) is 11.1 Å². The summed E-state index contributed by atoms with van der Waals surface area (Å²) in [5, 5.41) is 11.4. The SMILES string of the molecule is CC1(C)CCN(c2cnc(C(N)=NO)cn2)CC1. The van der Waals surface area contributed by atoms with E-state index in [0.717, 1.165) is 31.7 Å². The Morgan fingerprint density at radius 3 is 2.50 bits per heavy atom. The molecule has 0 spiro atoms. The van der Waals surface area contributed by atoms with Crippen LogP contribution in [0.1, 0.15) is 32.4 Å². The van der Waals surface area contributed by atoms with Gasteiger partial charge in [-0.3, -0.25) is 0 Å². The maximum absolute atomic E-state index is 8.55. The molecule has 98 valence electrons. The third-order valence-corrected chi connectivity index (χ3v) is 3.45. The molecule has 1 saturated heterocycles. The number of nitrogens with zero attached hydrogens (tertiary/aromatic N) is 4. The van der Waals surface area contributed by atoms with Gasteiger partial charge in [-0.2, -0.15) is 0 Å². The Balaban J connectivity index is 2.07. The van der Waals surface area contributed by atoms with E-state index < -0.39 is 0 Å². The van der Waals surface area contributed by atoms with Crippen LogP contribution in [0.25, 0.3) is 0 Å². The lowest BCUT2D eigenvalue weighted by Crippen LogP contribution is -2.37. The zero-order valence-electron chi connectivity index (χ0n) is 10.8. The standard InChI is InChI=1S/C12H19N5O/c1-12(2)3-5-17(6-4-12)10-8-14-9(7-15-10)11(13)16-18/h7-8,18H,3-6H2,1-2H3,(H2,13,16). The van der Waals surface area contributed by atoms with Gasteiger partial charge >= 0.3 is 0 Å². The largest absolute Gasteiger partial charge is 0.409 e. The molecule has 1 aliphatic rings. The van der Waals surface area contributed by atoms with Crippen LogP contribution < -0.4 is 10.6 Å². The van der Waals surface area contributed by atoms with E-state index in [-0.39, 0.29) is 5.84 Å². The maximum atomic E-state index is 8.55. The number of anilines is 1. The zero-order valence-corrected chi connectivity index (χ0v) is 10.8. The van der Waals surface area contributed by atoms with E-state index in [1.165, 1.54) is 6.20 Å². The summed E-state index contributed by atoms with van der Waals surface area (Å²) in [5.74, 6) is 0.828. The number of aromatic nitrogens is 2. The van der Waals surface area contributed by atoms with Gasteiger partial charge in [0.25, 0.3) is 0 Å². The summed E-state index contributed by atoms with van der Waals surface area (Å²) in [5.41, 5.74) is 6.24. The van der Waals surface area contributed by atoms with Crippen molar-refractivity contribution in [2.45, 2.75) is 26.7 Å². The molecule has 1 fully saturated rings. The summed E-state index contributed by atoms with van der Waals surface area (Å²) in [7, 11) is 0. The summed E-state index contributed by atoms with van der Waals surface area (Å²) >= 11 is 0. The highest BCUT2D eigenvalue weighted by molar-refractivity contribution is 5.94. The number of amidine groups is 1. The second-order valence-electron chi connectivity index (χ2n) is 5.40. The lowest BCUT2D eigenvalue weighted by atomic mass is 9.83. The van der Waals surface area contributed by atoms with Gasteiger partial charge in [-0.05, 0) is 18.3 Å². The molecule has 0 aliphatic carbocycles. The molecule has 0 amide bonds. The first-order chi connectivity index (χ1) is 8.52. The van der Waals surface area contributed by atoms with E-state index in [4.69, 9.17) is 10.9 Å². The fourth-order valence-corrected chi connectivity index (χ4v) is 2.01. The molecule has 0 aromatic carbocycles. The first kappa shape index (κ1) is 12.6. The van der Waals surface area contributed by atoms with Crippen LogP contribution in [0.15, 0.2) is 17.5 Å². The summed E-state index contributed by atoms with van der Waals surface area (Å²) in [6, 6.07) is 0. The second-order valence-corrected chi connectivity index (χ2v) is 5.40. The highest BCUT2D eigenvalue weighted by Crippen LogP contribution is 2.31. The van der Waals surface area contributed by atoms with Gasteiger partial charge in [0.15, 0.2) is 5.84 Å². The maximum Gasteiger partial charge on any atom is 0.190 e. The molecule has 2 rings (SSSR count). The number of piperidine rings is 1. The molecular formula is C12H19N5O. The Bertz CT molecular complexity index is 430. The van der Waals surface area contributed by atoms with E-state index >= 15 is 0 Å². The Labute approximate surface area is 107 Å². The lowest BCUT2D eigenvalue weighted by Gasteiger charge is -2.37. The molecule has 0 saturated carbocycles. The Morgan fingerprint density at radius 1 is 1.33 bits per heavy atom. The molecule has 0 atom stereocenters. The van der Waals surface area contributed by atoms with Crippen LogP contribution in [0.3, 0.4) is 0 Å². The summed E-state index contributed by atoms with van der Waals surface area (Å²) in [6.07, 6.45) is 5.50. The van der Waals surface area contributed by atoms with Gasteiger partial charge in [0, 0.05) is 13.1 Å². The molecule has 0 radical (unpaired) electrons. The molecule has 6 heteroatoms. The quantitative estimate of drug-likeness (QED) is 0.356. The van der Waals surface area contributed by atoms with Gasteiger partial charge in [-0.15, -0.1) is 0 Å². The Hall–Kier alpha value is -1.85. The van der Waals surface area contributed by atoms with Crippen molar-refractivity contribution in [2.75, 3.05) is 18.0 Å². The first-order valence-corrected chi connectivity index (χ1v) is 6.07. The molecule has 1 aromatic rings. The van der Waals surface area contributed by atoms with Crippen molar-refractivity contribution < 1.29 is 5.21 Å². The monoisotopic (exact) mass is 249 g/mol. The van der Waals surface area contributed by atoms with Crippen molar-refractivity contribution in [3.05, 3.63) is 18.1 Å². The van der Waals surface area contributed by atoms with Gasteiger partial charge in [0.1, 0.15) is 11.5 Å². The van der Waals surface area contributed by atoms with Crippen LogP contribution in [-0.4, -0.2) is 34.1 Å². The van der Waals surface area contributed by atoms with Gasteiger partial charge < -0.3 is 15.8 Å². The molecule has 6 nitrogen and oxygen atoms in total. The third kappa shape index (κ3) is 2.69.